The van der Waals surface area contributed by atoms with E-state index in [1.165, 1.54) is 0 Å². The number of carbonyl (C=O) groups is 2. The average molecular weight is 461 g/mol. The molecule has 0 aliphatic heterocycles. The van der Waals surface area contributed by atoms with E-state index in [0.717, 1.165) is 41.5 Å². The zero-order valence-corrected chi connectivity index (χ0v) is 19.1. The van der Waals surface area contributed by atoms with Crippen molar-refractivity contribution in [3.63, 3.8) is 0 Å². The third-order valence-electron chi connectivity index (χ3n) is 4.44. The smallest absolute Gasteiger partial charge is 0.262 e. The Bertz CT molecular complexity index is 838. The van der Waals surface area contributed by atoms with E-state index in [1.54, 1.807) is 24.3 Å². The molecular formula is C23H29BrN2O3. The van der Waals surface area contributed by atoms with Gasteiger partial charge < -0.3 is 15.0 Å². The van der Waals surface area contributed by atoms with Gasteiger partial charge in [0.2, 0.25) is 0 Å². The number of hydrogen-bond donors (Lipinski definition) is 1. The van der Waals surface area contributed by atoms with Gasteiger partial charge in [0.25, 0.3) is 11.8 Å². The number of nitrogens with one attached hydrogen (secondary N) is 1. The van der Waals surface area contributed by atoms with Gasteiger partial charge in [-0.3, -0.25) is 9.59 Å². The van der Waals surface area contributed by atoms with Crippen molar-refractivity contribution in [1.29, 1.82) is 0 Å². The Labute approximate surface area is 181 Å². The molecule has 6 heteroatoms. The van der Waals surface area contributed by atoms with Crippen molar-refractivity contribution in [3.8, 4) is 5.75 Å². The number of nitrogens with zero attached hydrogens (tertiary/aromatic N) is 1. The van der Waals surface area contributed by atoms with Crippen LogP contribution in [0.4, 0.5) is 5.69 Å². The van der Waals surface area contributed by atoms with Gasteiger partial charge in [-0.05, 0) is 68.1 Å². The third kappa shape index (κ3) is 6.60. The quantitative estimate of drug-likeness (QED) is 0.548. The molecule has 0 aliphatic carbocycles. The summed E-state index contributed by atoms with van der Waals surface area (Å²) in [5, 5.41) is 2.82. The molecule has 0 fully saturated rings. The van der Waals surface area contributed by atoms with E-state index in [2.05, 4.69) is 35.1 Å². The lowest BCUT2D eigenvalue weighted by molar-refractivity contribution is -0.118. The molecule has 5 nitrogen and oxygen atoms in total. The number of aryl methyl sites for hydroxylation is 2. The molecule has 1 N–H and O–H groups in total. The summed E-state index contributed by atoms with van der Waals surface area (Å²) < 4.78 is 6.71. The fourth-order valence-electron chi connectivity index (χ4n) is 3.23. The molecule has 156 valence electrons. The fourth-order valence-corrected chi connectivity index (χ4v) is 3.91. The molecule has 0 aromatic heterocycles. The summed E-state index contributed by atoms with van der Waals surface area (Å²) >= 11 is 3.45. The molecule has 2 aromatic carbocycles. The lowest BCUT2D eigenvalue weighted by Crippen LogP contribution is -2.32. The van der Waals surface area contributed by atoms with Crippen molar-refractivity contribution in [3.05, 3.63) is 57.6 Å². The molecule has 0 saturated carbocycles. The lowest BCUT2D eigenvalue weighted by Gasteiger charge is -2.21. The molecule has 0 unspecified atom stereocenters. The van der Waals surface area contributed by atoms with E-state index < -0.39 is 0 Å². The second-order valence-electron chi connectivity index (χ2n) is 7.08. The maximum atomic E-state index is 12.8. The highest BCUT2D eigenvalue weighted by Crippen LogP contribution is 2.27. The van der Waals surface area contributed by atoms with Crippen LogP contribution in [0.5, 0.6) is 5.75 Å². The minimum Gasteiger partial charge on any atom is -0.483 e. The molecule has 0 radical (unpaired) electrons. The Morgan fingerprint density at radius 1 is 1.03 bits per heavy atom. The second kappa shape index (κ2) is 11.0. The first kappa shape index (κ1) is 22.9. The van der Waals surface area contributed by atoms with E-state index in [0.29, 0.717) is 17.0 Å². The molecular weight excluding hydrogens is 432 g/mol. The Morgan fingerprint density at radius 2 is 1.66 bits per heavy atom. The molecule has 0 atom stereocenters. The molecule has 0 bridgehead atoms. The highest BCUT2D eigenvalue weighted by atomic mass is 79.9. The monoisotopic (exact) mass is 460 g/mol. The molecule has 0 spiro atoms. The van der Waals surface area contributed by atoms with Crippen LogP contribution in [0.15, 0.2) is 40.9 Å². The van der Waals surface area contributed by atoms with E-state index in [4.69, 9.17) is 4.74 Å². The van der Waals surface area contributed by atoms with E-state index in [9.17, 15) is 9.59 Å². The first-order valence-corrected chi connectivity index (χ1v) is 10.7. The van der Waals surface area contributed by atoms with Crippen molar-refractivity contribution in [2.45, 2.75) is 40.5 Å². The summed E-state index contributed by atoms with van der Waals surface area (Å²) in [4.78, 5) is 27.0. The van der Waals surface area contributed by atoms with Gasteiger partial charge in [0.05, 0.1) is 0 Å². The van der Waals surface area contributed by atoms with Crippen LogP contribution in [-0.4, -0.2) is 36.4 Å². The number of benzene rings is 2. The zero-order chi connectivity index (χ0) is 21.4. The molecule has 0 heterocycles. The first-order valence-electron chi connectivity index (χ1n) is 9.94. The number of rotatable bonds is 9. The van der Waals surface area contributed by atoms with Gasteiger partial charge in [-0.25, -0.2) is 0 Å². The van der Waals surface area contributed by atoms with Gasteiger partial charge in [-0.1, -0.05) is 35.8 Å². The largest absolute Gasteiger partial charge is 0.483 e. The van der Waals surface area contributed by atoms with Crippen molar-refractivity contribution in [2.24, 2.45) is 0 Å². The van der Waals surface area contributed by atoms with Crippen LogP contribution >= 0.6 is 15.9 Å². The summed E-state index contributed by atoms with van der Waals surface area (Å²) in [6.45, 7) is 9.35. The molecule has 2 aromatic rings. The second-order valence-corrected chi connectivity index (χ2v) is 7.99. The molecule has 2 rings (SSSR count). The fraction of sp³-hybridized carbons (Fsp3) is 0.391. The molecule has 0 saturated heterocycles. The van der Waals surface area contributed by atoms with Crippen molar-refractivity contribution < 1.29 is 14.3 Å². The average Bonchev–Trinajstić information content (AvgIpc) is 2.66. The number of ether oxygens (including phenoxy) is 1. The van der Waals surface area contributed by atoms with Gasteiger partial charge in [-0.15, -0.1) is 0 Å². The maximum absolute atomic E-state index is 12.8. The van der Waals surface area contributed by atoms with Crippen LogP contribution in [0.1, 0.15) is 48.2 Å². The van der Waals surface area contributed by atoms with E-state index >= 15 is 0 Å². The number of carbonyl (C=O) groups excluding carboxylic acids is 2. The van der Waals surface area contributed by atoms with Crippen molar-refractivity contribution >= 4 is 33.4 Å². The standard InChI is InChI=1S/C23H29BrN2O3/c1-5-10-26(11-6-2)23(28)18-8-7-9-20(14-18)25-21(27)15-29-22-16(3)12-19(24)13-17(22)4/h7-9,12-14H,5-6,10-11,15H2,1-4H3,(H,25,27). The zero-order valence-electron chi connectivity index (χ0n) is 17.5. The van der Waals surface area contributed by atoms with Gasteiger partial charge in [0.15, 0.2) is 6.61 Å². The number of hydrogen-bond acceptors (Lipinski definition) is 3. The van der Waals surface area contributed by atoms with Gasteiger partial charge >= 0.3 is 0 Å². The van der Waals surface area contributed by atoms with Gasteiger partial charge in [-0.2, -0.15) is 0 Å². The van der Waals surface area contributed by atoms with Crippen LogP contribution in [0.2, 0.25) is 0 Å². The van der Waals surface area contributed by atoms with Crippen molar-refractivity contribution in [1.82, 2.24) is 4.90 Å². The van der Waals surface area contributed by atoms with Crippen LogP contribution in [-0.2, 0) is 4.79 Å². The minimum absolute atomic E-state index is 0.0119. The summed E-state index contributed by atoms with van der Waals surface area (Å²) in [6, 6.07) is 11.0. The van der Waals surface area contributed by atoms with E-state index in [1.807, 2.05) is 30.9 Å². The molecule has 2 amide bonds. The summed E-state index contributed by atoms with van der Waals surface area (Å²) in [5.41, 5.74) is 3.08. The Morgan fingerprint density at radius 3 is 2.24 bits per heavy atom. The molecule has 29 heavy (non-hydrogen) atoms. The summed E-state index contributed by atoms with van der Waals surface area (Å²) in [7, 11) is 0. The summed E-state index contributed by atoms with van der Waals surface area (Å²) in [6.07, 6.45) is 1.82. The predicted octanol–water partition coefficient (Wildman–Crippen LogP) is 5.35. The number of amides is 2. The highest BCUT2D eigenvalue weighted by Gasteiger charge is 2.15. The topological polar surface area (TPSA) is 58.6 Å². The van der Waals surface area contributed by atoms with Crippen LogP contribution < -0.4 is 10.1 Å². The van der Waals surface area contributed by atoms with E-state index in [-0.39, 0.29) is 18.4 Å². The maximum Gasteiger partial charge on any atom is 0.262 e. The van der Waals surface area contributed by atoms with Gasteiger partial charge in [0.1, 0.15) is 5.75 Å². The SMILES string of the molecule is CCCN(CCC)C(=O)c1cccc(NC(=O)COc2c(C)cc(Br)cc2C)c1. The third-order valence-corrected chi connectivity index (χ3v) is 4.90. The Kier molecular flexibility index (Phi) is 8.70. The predicted molar refractivity (Wildman–Crippen MR) is 121 cm³/mol. The summed E-state index contributed by atoms with van der Waals surface area (Å²) in [5.74, 6) is 0.430. The Hall–Kier alpha value is -2.34. The Balaban J connectivity index is 2.02. The molecule has 0 aliphatic rings. The number of anilines is 1. The van der Waals surface area contributed by atoms with Crippen LogP contribution in [0, 0.1) is 13.8 Å². The highest BCUT2D eigenvalue weighted by molar-refractivity contribution is 9.10. The minimum atomic E-state index is -0.268. The lowest BCUT2D eigenvalue weighted by atomic mass is 10.1. The first-order chi connectivity index (χ1) is 13.8. The van der Waals surface area contributed by atoms with Crippen LogP contribution in [0.25, 0.3) is 0 Å². The normalized spacial score (nSPS) is 10.5. The van der Waals surface area contributed by atoms with Crippen molar-refractivity contribution in [2.75, 3.05) is 25.0 Å². The van der Waals surface area contributed by atoms with Gasteiger partial charge in [0, 0.05) is 28.8 Å². The van der Waals surface area contributed by atoms with Crippen LogP contribution in [0.3, 0.4) is 0 Å². The number of halogens is 1.